The van der Waals surface area contributed by atoms with E-state index < -0.39 is 9.84 Å². The first-order valence-corrected chi connectivity index (χ1v) is 9.65. The molecule has 0 amide bonds. The van der Waals surface area contributed by atoms with E-state index in [1.807, 2.05) is 26.0 Å². The minimum absolute atomic E-state index is 0.165. The van der Waals surface area contributed by atoms with Gasteiger partial charge in [0.05, 0.1) is 11.5 Å². The zero-order chi connectivity index (χ0) is 15.9. The average molecular weight is 311 g/mol. The van der Waals surface area contributed by atoms with Crippen molar-refractivity contribution in [1.29, 1.82) is 0 Å². The van der Waals surface area contributed by atoms with Crippen LogP contribution in [-0.2, 0) is 15.6 Å². The van der Waals surface area contributed by atoms with Crippen molar-refractivity contribution in [3.05, 3.63) is 34.9 Å². The Morgan fingerprint density at radius 3 is 2.29 bits per heavy atom. The highest BCUT2D eigenvalue weighted by Crippen LogP contribution is 2.14. The minimum atomic E-state index is -3.00. The van der Waals surface area contributed by atoms with E-state index in [2.05, 4.69) is 25.2 Å². The summed E-state index contributed by atoms with van der Waals surface area (Å²) < 4.78 is 24.4. The van der Waals surface area contributed by atoms with Crippen LogP contribution in [0, 0.1) is 13.8 Å². The van der Waals surface area contributed by atoms with Gasteiger partial charge in [-0.2, -0.15) is 0 Å². The van der Waals surface area contributed by atoms with E-state index in [4.69, 9.17) is 0 Å². The van der Waals surface area contributed by atoms with Crippen LogP contribution >= 0.6 is 0 Å². The number of nitrogens with one attached hydrogen (secondary N) is 1. The molecule has 0 aromatic heterocycles. The third kappa shape index (κ3) is 7.63. The van der Waals surface area contributed by atoms with Crippen molar-refractivity contribution in [3.63, 3.8) is 0 Å². The molecule has 1 N–H and O–H groups in total. The molecule has 120 valence electrons. The van der Waals surface area contributed by atoms with Gasteiger partial charge in [-0.15, -0.1) is 0 Å². The van der Waals surface area contributed by atoms with E-state index in [1.54, 1.807) is 0 Å². The monoisotopic (exact) mass is 311 g/mol. The number of unbranched alkanes of at least 4 members (excludes halogenated alkanes) is 1. The summed E-state index contributed by atoms with van der Waals surface area (Å²) in [6.07, 6.45) is 2.75. The molecule has 1 aromatic rings. The second kappa shape index (κ2) is 8.54. The largest absolute Gasteiger partial charge is 0.315 e. The SMILES string of the molecule is CCNC(C)CCCCS(=O)(=O)Cc1cc(C)cc(C)c1. The van der Waals surface area contributed by atoms with Crippen LogP contribution in [-0.4, -0.2) is 26.8 Å². The summed E-state index contributed by atoms with van der Waals surface area (Å²) in [6, 6.07) is 6.48. The number of hydrogen-bond donors (Lipinski definition) is 1. The lowest BCUT2D eigenvalue weighted by atomic mass is 10.1. The van der Waals surface area contributed by atoms with Crippen LogP contribution in [0.4, 0.5) is 0 Å². The molecule has 0 aliphatic heterocycles. The van der Waals surface area contributed by atoms with Gasteiger partial charge in [-0.1, -0.05) is 42.7 Å². The number of aryl methyl sites for hydroxylation is 2. The standard InChI is InChI=1S/C17H29NO2S/c1-5-18-16(4)8-6-7-9-21(19,20)13-17-11-14(2)10-15(3)12-17/h10-12,16,18H,5-9,13H2,1-4H3. The van der Waals surface area contributed by atoms with Crippen molar-refractivity contribution in [2.45, 2.75) is 58.8 Å². The highest BCUT2D eigenvalue weighted by atomic mass is 32.2. The minimum Gasteiger partial charge on any atom is -0.315 e. The predicted octanol–water partition coefficient (Wildman–Crippen LogP) is 3.39. The zero-order valence-electron chi connectivity index (χ0n) is 13.8. The average Bonchev–Trinajstić information content (AvgIpc) is 2.33. The molecule has 0 saturated carbocycles. The summed E-state index contributed by atoms with van der Waals surface area (Å²) in [7, 11) is -3.00. The molecule has 0 heterocycles. The number of hydrogen-bond acceptors (Lipinski definition) is 3. The summed E-state index contributed by atoms with van der Waals surface area (Å²) in [6.45, 7) is 9.21. The normalized spacial score (nSPS) is 13.3. The first kappa shape index (κ1) is 18.2. The fourth-order valence-electron chi connectivity index (χ4n) is 2.70. The summed E-state index contributed by atoms with van der Waals surface area (Å²) in [5, 5.41) is 3.35. The van der Waals surface area contributed by atoms with E-state index in [0.717, 1.165) is 42.5 Å². The van der Waals surface area contributed by atoms with Crippen LogP contribution < -0.4 is 5.32 Å². The van der Waals surface area contributed by atoms with Gasteiger partial charge in [0.2, 0.25) is 0 Å². The predicted molar refractivity (Wildman–Crippen MR) is 90.4 cm³/mol. The molecule has 3 nitrogen and oxygen atoms in total. The van der Waals surface area contributed by atoms with E-state index in [9.17, 15) is 8.42 Å². The van der Waals surface area contributed by atoms with Gasteiger partial charge >= 0.3 is 0 Å². The molecule has 1 rings (SSSR count). The summed E-state index contributed by atoms with van der Waals surface area (Å²) >= 11 is 0. The van der Waals surface area contributed by atoms with E-state index >= 15 is 0 Å². The lowest BCUT2D eigenvalue weighted by Gasteiger charge is -2.12. The lowest BCUT2D eigenvalue weighted by molar-refractivity contribution is 0.507. The van der Waals surface area contributed by atoms with Crippen LogP contribution in [0.15, 0.2) is 18.2 Å². The van der Waals surface area contributed by atoms with Crippen molar-refractivity contribution < 1.29 is 8.42 Å². The number of rotatable bonds is 9. The Balaban J connectivity index is 2.43. The van der Waals surface area contributed by atoms with Gasteiger partial charge in [-0.05, 0) is 45.7 Å². The maximum Gasteiger partial charge on any atom is 0.154 e. The highest BCUT2D eigenvalue weighted by Gasteiger charge is 2.12. The van der Waals surface area contributed by atoms with Crippen molar-refractivity contribution >= 4 is 9.84 Å². The van der Waals surface area contributed by atoms with Crippen LogP contribution in [0.2, 0.25) is 0 Å². The zero-order valence-corrected chi connectivity index (χ0v) is 14.6. The van der Waals surface area contributed by atoms with Gasteiger partial charge in [-0.3, -0.25) is 0 Å². The second-order valence-electron chi connectivity index (χ2n) is 6.04. The van der Waals surface area contributed by atoms with Crippen LogP contribution in [0.5, 0.6) is 0 Å². The molecule has 4 heteroatoms. The first-order valence-electron chi connectivity index (χ1n) is 7.83. The fraction of sp³-hybridized carbons (Fsp3) is 0.647. The van der Waals surface area contributed by atoms with Gasteiger partial charge in [-0.25, -0.2) is 8.42 Å². The van der Waals surface area contributed by atoms with Crippen LogP contribution in [0.25, 0.3) is 0 Å². The Hall–Kier alpha value is -0.870. The van der Waals surface area contributed by atoms with Gasteiger partial charge in [0.15, 0.2) is 9.84 Å². The molecule has 0 aliphatic carbocycles. The molecule has 1 aromatic carbocycles. The maximum atomic E-state index is 12.2. The molecule has 0 radical (unpaired) electrons. The summed E-state index contributed by atoms with van der Waals surface area (Å²) in [4.78, 5) is 0. The Morgan fingerprint density at radius 1 is 1.10 bits per heavy atom. The van der Waals surface area contributed by atoms with Gasteiger partial charge in [0.25, 0.3) is 0 Å². The van der Waals surface area contributed by atoms with E-state index in [1.165, 1.54) is 0 Å². The van der Waals surface area contributed by atoms with Crippen LogP contribution in [0.3, 0.4) is 0 Å². The van der Waals surface area contributed by atoms with E-state index in [0.29, 0.717) is 11.8 Å². The Morgan fingerprint density at radius 2 is 1.71 bits per heavy atom. The topological polar surface area (TPSA) is 46.2 Å². The third-order valence-corrected chi connectivity index (χ3v) is 5.25. The van der Waals surface area contributed by atoms with E-state index in [-0.39, 0.29) is 5.75 Å². The van der Waals surface area contributed by atoms with Gasteiger partial charge in [0.1, 0.15) is 0 Å². The number of sulfone groups is 1. The second-order valence-corrected chi connectivity index (χ2v) is 8.23. The lowest BCUT2D eigenvalue weighted by Crippen LogP contribution is -2.25. The molecule has 0 saturated heterocycles. The van der Waals surface area contributed by atoms with Crippen molar-refractivity contribution in [2.75, 3.05) is 12.3 Å². The molecule has 0 fully saturated rings. The fourth-order valence-corrected chi connectivity index (χ4v) is 4.16. The molecule has 0 bridgehead atoms. The molecule has 1 unspecified atom stereocenters. The van der Waals surface area contributed by atoms with Crippen molar-refractivity contribution in [1.82, 2.24) is 5.32 Å². The Labute approximate surface area is 130 Å². The van der Waals surface area contributed by atoms with Crippen molar-refractivity contribution in [3.8, 4) is 0 Å². The Kier molecular flexibility index (Phi) is 7.40. The third-order valence-electron chi connectivity index (χ3n) is 3.56. The molecule has 0 spiro atoms. The molecule has 21 heavy (non-hydrogen) atoms. The number of benzene rings is 1. The summed E-state index contributed by atoms with van der Waals surface area (Å²) in [5.74, 6) is 0.455. The molecular formula is C17H29NO2S. The molecule has 1 atom stereocenters. The first-order chi connectivity index (χ1) is 9.82. The Bertz CT molecular complexity index is 517. The maximum absolute atomic E-state index is 12.2. The highest BCUT2D eigenvalue weighted by molar-refractivity contribution is 7.90. The van der Waals surface area contributed by atoms with Gasteiger partial charge in [0, 0.05) is 6.04 Å². The summed E-state index contributed by atoms with van der Waals surface area (Å²) in [5.41, 5.74) is 3.16. The molecule has 0 aliphatic rings. The van der Waals surface area contributed by atoms with Crippen molar-refractivity contribution in [2.24, 2.45) is 0 Å². The smallest absolute Gasteiger partial charge is 0.154 e. The van der Waals surface area contributed by atoms with Crippen LogP contribution in [0.1, 0.15) is 49.8 Å². The molecular weight excluding hydrogens is 282 g/mol. The van der Waals surface area contributed by atoms with Gasteiger partial charge < -0.3 is 5.32 Å². The quantitative estimate of drug-likeness (QED) is 0.711.